The number of halogens is 3. The van der Waals surface area contributed by atoms with Crippen LogP contribution in [0.4, 0.5) is 0 Å². The van der Waals surface area contributed by atoms with Gasteiger partial charge in [-0.15, -0.1) is 12.4 Å². The first-order chi connectivity index (χ1) is 5.61. The van der Waals surface area contributed by atoms with Gasteiger partial charge in [-0.25, -0.2) is 0 Å². The van der Waals surface area contributed by atoms with E-state index in [1.807, 2.05) is 0 Å². The predicted molar refractivity (Wildman–Crippen MR) is 55.0 cm³/mol. The van der Waals surface area contributed by atoms with Crippen molar-refractivity contribution < 1.29 is 9.90 Å². The molecule has 0 spiro atoms. The lowest BCUT2D eigenvalue weighted by molar-refractivity contribution is -0.136. The first-order valence-electron chi connectivity index (χ1n) is 3.26. The van der Waals surface area contributed by atoms with Gasteiger partial charge in [-0.05, 0) is 12.1 Å². The quantitative estimate of drug-likeness (QED) is 0.864. The zero-order valence-electron chi connectivity index (χ0n) is 6.46. The molecule has 0 atom stereocenters. The molecule has 72 valence electrons. The Morgan fingerprint density at radius 1 is 1.31 bits per heavy atom. The second-order valence-electron chi connectivity index (χ2n) is 2.27. The third kappa shape index (κ3) is 3.43. The van der Waals surface area contributed by atoms with Crippen LogP contribution in [0.1, 0.15) is 5.56 Å². The van der Waals surface area contributed by atoms with Crippen molar-refractivity contribution in [2.24, 2.45) is 0 Å². The number of hydrogen-bond acceptors (Lipinski definition) is 1. The number of rotatable bonds is 2. The topological polar surface area (TPSA) is 37.3 Å². The van der Waals surface area contributed by atoms with Gasteiger partial charge in [0, 0.05) is 15.6 Å². The molecule has 2 nitrogen and oxygen atoms in total. The molecule has 0 unspecified atom stereocenters. The molecule has 1 N–H and O–H groups in total. The van der Waals surface area contributed by atoms with Crippen molar-refractivity contribution in [3.05, 3.63) is 33.8 Å². The van der Waals surface area contributed by atoms with Crippen LogP contribution in [-0.2, 0) is 11.2 Å². The molecule has 0 aliphatic rings. The van der Waals surface area contributed by atoms with E-state index in [-0.39, 0.29) is 18.8 Å². The molecule has 0 fully saturated rings. The smallest absolute Gasteiger partial charge is 0.307 e. The number of carboxylic acid groups (broad SMARTS) is 1. The normalized spacial score (nSPS) is 9.08. The molecule has 0 aliphatic carbocycles. The fourth-order valence-corrected chi connectivity index (χ4v) is 1.38. The molecule has 1 aromatic rings. The average Bonchev–Trinajstić information content (AvgIpc) is 1.97. The van der Waals surface area contributed by atoms with Crippen molar-refractivity contribution in [3.63, 3.8) is 0 Å². The SMILES string of the molecule is Cl.O=C(O)Cc1c(Cl)cccc1Cl. The summed E-state index contributed by atoms with van der Waals surface area (Å²) < 4.78 is 0. The minimum absolute atomic E-state index is 0. The van der Waals surface area contributed by atoms with Gasteiger partial charge in [-0.3, -0.25) is 4.79 Å². The van der Waals surface area contributed by atoms with Crippen LogP contribution in [0.3, 0.4) is 0 Å². The summed E-state index contributed by atoms with van der Waals surface area (Å²) in [5.41, 5.74) is 0.466. The maximum Gasteiger partial charge on any atom is 0.307 e. The van der Waals surface area contributed by atoms with Crippen molar-refractivity contribution >= 4 is 41.6 Å². The molecule has 0 radical (unpaired) electrons. The van der Waals surface area contributed by atoms with Crippen molar-refractivity contribution in [1.29, 1.82) is 0 Å². The highest BCUT2D eigenvalue weighted by Gasteiger charge is 2.08. The van der Waals surface area contributed by atoms with Crippen LogP contribution in [0.5, 0.6) is 0 Å². The van der Waals surface area contributed by atoms with Crippen molar-refractivity contribution in [3.8, 4) is 0 Å². The van der Waals surface area contributed by atoms with Gasteiger partial charge in [0.25, 0.3) is 0 Å². The van der Waals surface area contributed by atoms with Crippen LogP contribution in [-0.4, -0.2) is 11.1 Å². The van der Waals surface area contributed by atoms with Crippen molar-refractivity contribution in [2.45, 2.75) is 6.42 Å². The molecule has 0 saturated heterocycles. The van der Waals surface area contributed by atoms with Gasteiger partial charge in [0.15, 0.2) is 0 Å². The Bertz CT molecular complexity index is 292. The lowest BCUT2D eigenvalue weighted by atomic mass is 10.1. The summed E-state index contributed by atoms with van der Waals surface area (Å²) in [4.78, 5) is 10.4. The van der Waals surface area contributed by atoms with Crippen LogP contribution < -0.4 is 0 Å². The Kier molecular flexibility index (Phi) is 5.14. The summed E-state index contributed by atoms with van der Waals surface area (Å²) in [6.45, 7) is 0. The predicted octanol–water partition coefficient (Wildman–Crippen LogP) is 3.04. The first-order valence-corrected chi connectivity index (χ1v) is 4.01. The Labute approximate surface area is 91.9 Å². The maximum absolute atomic E-state index is 10.4. The Balaban J connectivity index is 0.00000144. The van der Waals surface area contributed by atoms with Crippen LogP contribution in [0, 0.1) is 0 Å². The molecule has 1 rings (SSSR count). The van der Waals surface area contributed by atoms with E-state index in [2.05, 4.69) is 0 Å². The monoisotopic (exact) mass is 240 g/mol. The summed E-state index contributed by atoms with van der Waals surface area (Å²) in [5.74, 6) is -0.940. The van der Waals surface area contributed by atoms with Crippen molar-refractivity contribution in [1.82, 2.24) is 0 Å². The van der Waals surface area contributed by atoms with Gasteiger partial charge < -0.3 is 5.11 Å². The molecule has 0 aromatic heterocycles. The average molecular weight is 242 g/mol. The van der Waals surface area contributed by atoms with E-state index in [0.29, 0.717) is 15.6 Å². The molecule has 0 bridgehead atoms. The lowest BCUT2D eigenvalue weighted by Gasteiger charge is -2.02. The summed E-state index contributed by atoms with van der Waals surface area (Å²) in [5, 5.41) is 9.29. The molecule has 0 saturated carbocycles. The minimum Gasteiger partial charge on any atom is -0.481 e. The van der Waals surface area contributed by atoms with E-state index in [9.17, 15) is 4.79 Å². The fraction of sp³-hybridized carbons (Fsp3) is 0.125. The van der Waals surface area contributed by atoms with E-state index in [4.69, 9.17) is 28.3 Å². The highest BCUT2D eigenvalue weighted by Crippen LogP contribution is 2.24. The van der Waals surface area contributed by atoms with Gasteiger partial charge in [-0.2, -0.15) is 0 Å². The Hall–Kier alpha value is -0.440. The summed E-state index contributed by atoms with van der Waals surface area (Å²) in [6.07, 6.45) is -0.140. The summed E-state index contributed by atoms with van der Waals surface area (Å²) >= 11 is 11.5. The number of carboxylic acids is 1. The molecule has 13 heavy (non-hydrogen) atoms. The van der Waals surface area contributed by atoms with Gasteiger partial charge in [0.1, 0.15) is 0 Å². The molecule has 5 heteroatoms. The second kappa shape index (κ2) is 5.32. The first kappa shape index (κ1) is 12.6. The number of carbonyl (C=O) groups is 1. The zero-order chi connectivity index (χ0) is 9.14. The number of aliphatic carboxylic acids is 1. The third-order valence-electron chi connectivity index (χ3n) is 1.39. The van der Waals surface area contributed by atoms with E-state index in [1.54, 1.807) is 18.2 Å². The third-order valence-corrected chi connectivity index (χ3v) is 2.10. The van der Waals surface area contributed by atoms with E-state index in [0.717, 1.165) is 0 Å². The van der Waals surface area contributed by atoms with Gasteiger partial charge in [0.2, 0.25) is 0 Å². The summed E-state index contributed by atoms with van der Waals surface area (Å²) in [6, 6.07) is 4.91. The fourth-order valence-electron chi connectivity index (χ4n) is 0.852. The zero-order valence-corrected chi connectivity index (χ0v) is 8.79. The van der Waals surface area contributed by atoms with Crippen LogP contribution in [0.15, 0.2) is 18.2 Å². The highest BCUT2D eigenvalue weighted by atomic mass is 35.5. The van der Waals surface area contributed by atoms with E-state index >= 15 is 0 Å². The minimum atomic E-state index is -0.940. The number of hydrogen-bond donors (Lipinski definition) is 1. The Morgan fingerprint density at radius 2 is 1.77 bits per heavy atom. The van der Waals surface area contributed by atoms with E-state index in [1.165, 1.54) is 0 Å². The van der Waals surface area contributed by atoms with Crippen LogP contribution in [0.2, 0.25) is 10.0 Å². The van der Waals surface area contributed by atoms with Gasteiger partial charge >= 0.3 is 5.97 Å². The molecule has 0 heterocycles. The summed E-state index contributed by atoms with van der Waals surface area (Å²) in [7, 11) is 0. The van der Waals surface area contributed by atoms with Crippen LogP contribution >= 0.6 is 35.6 Å². The van der Waals surface area contributed by atoms with Gasteiger partial charge in [0.05, 0.1) is 6.42 Å². The molecular weight excluding hydrogens is 234 g/mol. The highest BCUT2D eigenvalue weighted by molar-refractivity contribution is 6.36. The molecule has 0 amide bonds. The maximum atomic E-state index is 10.4. The largest absolute Gasteiger partial charge is 0.481 e. The molecular formula is C8H7Cl3O2. The number of benzene rings is 1. The van der Waals surface area contributed by atoms with Crippen molar-refractivity contribution in [2.75, 3.05) is 0 Å². The molecule has 1 aromatic carbocycles. The second-order valence-corrected chi connectivity index (χ2v) is 3.09. The standard InChI is InChI=1S/C8H6Cl2O2.ClH/c9-6-2-1-3-7(10)5(6)4-8(11)12;/h1-3H,4H2,(H,11,12);1H. The van der Waals surface area contributed by atoms with Gasteiger partial charge in [-0.1, -0.05) is 29.3 Å². The molecule has 0 aliphatic heterocycles. The lowest BCUT2D eigenvalue weighted by Crippen LogP contribution is -2.01. The van der Waals surface area contributed by atoms with Crippen LogP contribution in [0.25, 0.3) is 0 Å². The Morgan fingerprint density at radius 3 is 2.15 bits per heavy atom. The van der Waals surface area contributed by atoms with E-state index < -0.39 is 5.97 Å².